The van der Waals surface area contributed by atoms with Crippen LogP contribution in [0.3, 0.4) is 0 Å². The highest BCUT2D eigenvalue weighted by Gasteiger charge is 2.04. The SMILES string of the molecule is CCCC1=CC(CC)NC=C1. The summed E-state index contributed by atoms with van der Waals surface area (Å²) < 4.78 is 0. The number of nitrogens with one attached hydrogen (secondary N) is 1. The van der Waals surface area contributed by atoms with Crippen molar-refractivity contribution in [2.45, 2.75) is 39.2 Å². The second-order valence-electron chi connectivity index (χ2n) is 3.01. The molecular weight excluding hydrogens is 134 g/mol. The molecule has 1 heterocycles. The predicted octanol–water partition coefficient (Wildman–Crippen LogP) is 2.61. The van der Waals surface area contributed by atoms with E-state index in [0.717, 1.165) is 0 Å². The van der Waals surface area contributed by atoms with Crippen LogP contribution in [0.2, 0.25) is 0 Å². The quantitative estimate of drug-likeness (QED) is 0.653. The Bertz CT molecular complexity index is 168. The predicted molar refractivity (Wildman–Crippen MR) is 49.3 cm³/mol. The summed E-state index contributed by atoms with van der Waals surface area (Å²) in [5, 5.41) is 3.30. The van der Waals surface area contributed by atoms with Crippen molar-refractivity contribution in [2.75, 3.05) is 0 Å². The monoisotopic (exact) mass is 151 g/mol. The van der Waals surface area contributed by atoms with Gasteiger partial charge in [-0.1, -0.05) is 26.3 Å². The van der Waals surface area contributed by atoms with Gasteiger partial charge in [0.25, 0.3) is 0 Å². The first-order chi connectivity index (χ1) is 5.36. The summed E-state index contributed by atoms with van der Waals surface area (Å²) >= 11 is 0. The second kappa shape index (κ2) is 4.22. The van der Waals surface area contributed by atoms with Crippen LogP contribution in [0.1, 0.15) is 33.1 Å². The molecule has 0 fully saturated rings. The first-order valence-corrected chi connectivity index (χ1v) is 4.50. The number of hydrogen-bond donors (Lipinski definition) is 1. The summed E-state index contributed by atoms with van der Waals surface area (Å²) in [6.07, 6.45) is 10.2. The van der Waals surface area contributed by atoms with Crippen molar-refractivity contribution in [3.05, 3.63) is 23.9 Å². The summed E-state index contributed by atoms with van der Waals surface area (Å²) in [6.45, 7) is 4.43. The number of dihydropyridines is 1. The Balaban J connectivity index is 2.49. The summed E-state index contributed by atoms with van der Waals surface area (Å²) in [4.78, 5) is 0. The molecule has 0 saturated heterocycles. The lowest BCUT2D eigenvalue weighted by Gasteiger charge is -2.16. The van der Waals surface area contributed by atoms with Gasteiger partial charge in [-0.3, -0.25) is 0 Å². The number of hydrogen-bond acceptors (Lipinski definition) is 1. The standard InChI is InChI=1S/C10H17N/c1-3-5-9-6-7-11-10(4-2)8-9/h6-8,10-11H,3-5H2,1-2H3. The van der Waals surface area contributed by atoms with Crippen molar-refractivity contribution in [3.63, 3.8) is 0 Å². The third kappa shape index (κ3) is 2.41. The average Bonchev–Trinajstić information content (AvgIpc) is 2.06. The average molecular weight is 151 g/mol. The maximum Gasteiger partial charge on any atom is 0.0442 e. The molecule has 1 atom stereocenters. The van der Waals surface area contributed by atoms with Crippen LogP contribution in [0.4, 0.5) is 0 Å². The van der Waals surface area contributed by atoms with E-state index in [1.165, 1.54) is 24.8 Å². The molecule has 11 heavy (non-hydrogen) atoms. The van der Waals surface area contributed by atoms with Crippen LogP contribution in [0.25, 0.3) is 0 Å². The molecule has 0 spiro atoms. The minimum absolute atomic E-state index is 0.571. The number of rotatable bonds is 3. The van der Waals surface area contributed by atoms with Gasteiger partial charge in [-0.05, 0) is 30.7 Å². The second-order valence-corrected chi connectivity index (χ2v) is 3.01. The van der Waals surface area contributed by atoms with E-state index < -0.39 is 0 Å². The van der Waals surface area contributed by atoms with Gasteiger partial charge in [-0.25, -0.2) is 0 Å². The van der Waals surface area contributed by atoms with Crippen LogP contribution in [0.5, 0.6) is 0 Å². The summed E-state index contributed by atoms with van der Waals surface area (Å²) in [5.74, 6) is 0. The Morgan fingerprint density at radius 1 is 1.45 bits per heavy atom. The molecule has 62 valence electrons. The zero-order valence-corrected chi connectivity index (χ0v) is 7.43. The molecule has 0 aliphatic carbocycles. The van der Waals surface area contributed by atoms with Gasteiger partial charge >= 0.3 is 0 Å². The highest BCUT2D eigenvalue weighted by molar-refractivity contribution is 5.24. The molecule has 1 unspecified atom stereocenters. The Labute approximate surface area is 69.2 Å². The molecule has 0 saturated carbocycles. The molecule has 1 heteroatoms. The van der Waals surface area contributed by atoms with Gasteiger partial charge in [0.05, 0.1) is 0 Å². The highest BCUT2D eigenvalue weighted by Crippen LogP contribution is 2.12. The molecule has 0 aromatic rings. The molecule has 1 nitrogen and oxygen atoms in total. The van der Waals surface area contributed by atoms with Crippen LogP contribution < -0.4 is 5.32 Å². The van der Waals surface area contributed by atoms with E-state index in [1.54, 1.807) is 0 Å². The van der Waals surface area contributed by atoms with E-state index in [4.69, 9.17) is 0 Å². The smallest absolute Gasteiger partial charge is 0.0442 e. The Kier molecular flexibility index (Phi) is 3.21. The van der Waals surface area contributed by atoms with Crippen LogP contribution in [0, 0.1) is 0 Å². The maximum absolute atomic E-state index is 3.30. The van der Waals surface area contributed by atoms with Gasteiger partial charge in [-0.15, -0.1) is 0 Å². The number of allylic oxidation sites excluding steroid dienone is 2. The van der Waals surface area contributed by atoms with Gasteiger partial charge in [0.1, 0.15) is 0 Å². The lowest BCUT2D eigenvalue weighted by Crippen LogP contribution is -2.23. The van der Waals surface area contributed by atoms with E-state index in [9.17, 15) is 0 Å². The third-order valence-corrected chi connectivity index (χ3v) is 2.00. The third-order valence-electron chi connectivity index (χ3n) is 2.00. The fourth-order valence-corrected chi connectivity index (χ4v) is 1.33. The van der Waals surface area contributed by atoms with Gasteiger partial charge in [0, 0.05) is 6.04 Å². The van der Waals surface area contributed by atoms with Gasteiger partial charge in [0.15, 0.2) is 0 Å². The van der Waals surface area contributed by atoms with Crippen molar-refractivity contribution >= 4 is 0 Å². The molecule has 0 amide bonds. The molecule has 1 rings (SSSR count). The minimum Gasteiger partial charge on any atom is -0.385 e. The molecule has 1 aliphatic heterocycles. The molecule has 0 aromatic heterocycles. The van der Waals surface area contributed by atoms with Crippen molar-refractivity contribution in [1.29, 1.82) is 0 Å². The summed E-state index contributed by atoms with van der Waals surface area (Å²) in [5.41, 5.74) is 1.48. The van der Waals surface area contributed by atoms with Crippen LogP contribution in [-0.2, 0) is 0 Å². The summed E-state index contributed by atoms with van der Waals surface area (Å²) in [6, 6.07) is 0.571. The normalized spacial score (nSPS) is 22.7. The molecule has 1 aliphatic rings. The van der Waals surface area contributed by atoms with Gasteiger partial charge in [0.2, 0.25) is 0 Å². The van der Waals surface area contributed by atoms with Gasteiger partial charge in [-0.2, -0.15) is 0 Å². The first kappa shape index (κ1) is 8.38. The van der Waals surface area contributed by atoms with Crippen molar-refractivity contribution in [1.82, 2.24) is 5.32 Å². The zero-order valence-electron chi connectivity index (χ0n) is 7.43. The van der Waals surface area contributed by atoms with E-state index in [2.05, 4.69) is 37.5 Å². The fraction of sp³-hybridized carbons (Fsp3) is 0.600. The molecule has 0 radical (unpaired) electrons. The van der Waals surface area contributed by atoms with E-state index in [0.29, 0.717) is 6.04 Å². The maximum atomic E-state index is 3.30. The van der Waals surface area contributed by atoms with E-state index in [-0.39, 0.29) is 0 Å². The van der Waals surface area contributed by atoms with Gasteiger partial charge < -0.3 is 5.32 Å². The molecular formula is C10H17N. The van der Waals surface area contributed by atoms with Crippen molar-refractivity contribution in [2.24, 2.45) is 0 Å². The lowest BCUT2D eigenvalue weighted by molar-refractivity contribution is 0.659. The van der Waals surface area contributed by atoms with Crippen molar-refractivity contribution in [3.8, 4) is 0 Å². The molecule has 0 bridgehead atoms. The van der Waals surface area contributed by atoms with Crippen molar-refractivity contribution < 1.29 is 0 Å². The lowest BCUT2D eigenvalue weighted by atomic mass is 10.0. The molecule has 0 aromatic carbocycles. The fourth-order valence-electron chi connectivity index (χ4n) is 1.33. The van der Waals surface area contributed by atoms with E-state index >= 15 is 0 Å². The van der Waals surface area contributed by atoms with E-state index in [1.807, 2.05) is 0 Å². The topological polar surface area (TPSA) is 12.0 Å². The zero-order chi connectivity index (χ0) is 8.10. The Morgan fingerprint density at radius 2 is 2.27 bits per heavy atom. The largest absolute Gasteiger partial charge is 0.385 e. The Morgan fingerprint density at radius 3 is 2.91 bits per heavy atom. The van der Waals surface area contributed by atoms with Crippen LogP contribution in [-0.4, -0.2) is 6.04 Å². The van der Waals surface area contributed by atoms with Crippen LogP contribution >= 0.6 is 0 Å². The molecule has 1 N–H and O–H groups in total. The minimum atomic E-state index is 0.571. The summed E-state index contributed by atoms with van der Waals surface area (Å²) in [7, 11) is 0. The Hall–Kier alpha value is -0.720. The first-order valence-electron chi connectivity index (χ1n) is 4.50. The highest BCUT2D eigenvalue weighted by atomic mass is 14.9. The van der Waals surface area contributed by atoms with Crippen LogP contribution in [0.15, 0.2) is 23.9 Å².